The van der Waals surface area contributed by atoms with Gasteiger partial charge in [0.1, 0.15) is 11.1 Å². The summed E-state index contributed by atoms with van der Waals surface area (Å²) in [7, 11) is -4.92. The summed E-state index contributed by atoms with van der Waals surface area (Å²) in [5.74, 6) is 0. The first kappa shape index (κ1) is 18.5. The van der Waals surface area contributed by atoms with Crippen molar-refractivity contribution in [3.8, 4) is 0 Å². The minimum Gasteiger partial charge on any atom is -0.726 e. The SMILES string of the molecule is CC1(C)CC(O)CC(C)(C)[N+]1(O)I.O=S(=O)([O-])O. The lowest BCUT2D eigenvalue weighted by Crippen LogP contribution is -2.68. The van der Waals surface area contributed by atoms with Gasteiger partial charge in [-0.2, -0.15) is 0 Å². The fourth-order valence-electron chi connectivity index (χ4n) is 2.29. The molecule has 0 unspecified atom stereocenters. The van der Waals surface area contributed by atoms with E-state index in [0.29, 0.717) is 12.8 Å². The van der Waals surface area contributed by atoms with Crippen LogP contribution >= 0.6 is 22.9 Å². The Balaban J connectivity index is 0.000000494. The van der Waals surface area contributed by atoms with Gasteiger partial charge in [-0.25, -0.2) is 13.6 Å². The number of aliphatic hydroxyl groups excluding tert-OH is 1. The molecule has 0 atom stereocenters. The van der Waals surface area contributed by atoms with Crippen molar-refractivity contribution >= 4 is 33.3 Å². The van der Waals surface area contributed by atoms with E-state index >= 15 is 0 Å². The number of nitrogens with zero attached hydrogens (tertiary/aromatic N) is 1. The van der Waals surface area contributed by atoms with E-state index in [9.17, 15) is 10.3 Å². The van der Waals surface area contributed by atoms with E-state index in [2.05, 4.69) is 22.9 Å². The van der Waals surface area contributed by atoms with Crippen LogP contribution in [0.2, 0.25) is 0 Å². The molecule has 0 aromatic carbocycles. The van der Waals surface area contributed by atoms with E-state index in [4.69, 9.17) is 17.5 Å². The second kappa shape index (κ2) is 5.46. The second-order valence-corrected chi connectivity index (χ2v) is 7.92. The van der Waals surface area contributed by atoms with E-state index in [-0.39, 0.29) is 20.0 Å². The fourth-order valence-corrected chi connectivity index (χ4v) is 2.68. The first-order chi connectivity index (χ1) is 7.60. The van der Waals surface area contributed by atoms with Gasteiger partial charge in [-0.3, -0.25) is 4.55 Å². The van der Waals surface area contributed by atoms with Crippen molar-refractivity contribution in [1.29, 1.82) is 0 Å². The minimum absolute atomic E-state index is 0.0468. The molecule has 0 aromatic rings. The molecule has 7 nitrogen and oxygen atoms in total. The minimum atomic E-state index is -4.92. The number of rotatable bonds is 0. The molecule has 1 heterocycles. The molecule has 0 aliphatic carbocycles. The third-order valence-electron chi connectivity index (χ3n) is 3.07. The molecule has 1 aliphatic heterocycles. The van der Waals surface area contributed by atoms with Crippen molar-refractivity contribution in [2.45, 2.75) is 57.7 Å². The van der Waals surface area contributed by atoms with Crippen LogP contribution in [-0.4, -0.2) is 47.9 Å². The number of aliphatic hydroxyl groups is 1. The molecule has 0 bridgehead atoms. The van der Waals surface area contributed by atoms with Crippen LogP contribution < -0.4 is 0 Å². The summed E-state index contributed by atoms with van der Waals surface area (Å²) in [6, 6.07) is 0. The van der Waals surface area contributed by atoms with Crippen LogP contribution in [0.4, 0.5) is 0 Å². The zero-order valence-electron chi connectivity index (χ0n) is 10.8. The van der Waals surface area contributed by atoms with E-state index in [1.807, 2.05) is 27.7 Å². The standard InChI is InChI=1S/C9H19INO2.H2O4S/c1-8(2)5-7(12)6-9(3,4)11(8,10)13;1-5(2,3)4/h7,12-13H,5-6H2,1-4H3;(H2,1,2,3,4)/q+1;/p-1. The van der Waals surface area contributed by atoms with Crippen molar-refractivity contribution in [3.63, 3.8) is 0 Å². The Labute approximate surface area is 121 Å². The van der Waals surface area contributed by atoms with Crippen molar-refractivity contribution in [2.24, 2.45) is 0 Å². The number of piperidine rings is 1. The Kier molecular flexibility index (Phi) is 5.61. The van der Waals surface area contributed by atoms with Gasteiger partial charge in [-0.05, 0) is 27.7 Å². The van der Waals surface area contributed by atoms with E-state index in [1.54, 1.807) is 0 Å². The summed E-state index contributed by atoms with van der Waals surface area (Å²) in [5, 5.41) is 20.0. The number of hydrogen-bond donors (Lipinski definition) is 3. The molecule has 1 fully saturated rings. The van der Waals surface area contributed by atoms with E-state index < -0.39 is 10.4 Å². The molecule has 0 radical (unpaired) electrons. The highest BCUT2D eigenvalue weighted by molar-refractivity contribution is 14.1. The Morgan fingerprint density at radius 2 is 1.44 bits per heavy atom. The Morgan fingerprint density at radius 3 is 1.67 bits per heavy atom. The maximum Gasteiger partial charge on any atom is 0.288 e. The van der Waals surface area contributed by atoms with Gasteiger partial charge in [-0.15, -0.1) is 2.86 Å². The summed E-state index contributed by atoms with van der Waals surface area (Å²) < 4.78 is 32.8. The lowest BCUT2D eigenvalue weighted by Gasteiger charge is -2.52. The Morgan fingerprint density at radius 1 is 1.22 bits per heavy atom. The molecular formula is C9H20INO6S. The zero-order valence-corrected chi connectivity index (χ0v) is 13.8. The number of quaternary nitrogens is 1. The predicted molar refractivity (Wildman–Crippen MR) is 71.8 cm³/mol. The highest BCUT2D eigenvalue weighted by Crippen LogP contribution is 2.47. The molecule has 1 rings (SSSR count). The largest absolute Gasteiger partial charge is 0.726 e. The summed E-state index contributed by atoms with van der Waals surface area (Å²) >= 11 is 2.07. The fraction of sp³-hybridized carbons (Fsp3) is 1.00. The molecule has 0 saturated carbocycles. The maximum absolute atomic E-state index is 10.4. The van der Waals surface area contributed by atoms with Crippen LogP contribution in [0.15, 0.2) is 0 Å². The van der Waals surface area contributed by atoms with Gasteiger partial charge in [0, 0.05) is 12.8 Å². The Hall–Kier alpha value is 0.480. The lowest BCUT2D eigenvalue weighted by molar-refractivity contribution is -1.04. The molecule has 0 spiro atoms. The molecule has 18 heavy (non-hydrogen) atoms. The molecule has 3 N–H and O–H groups in total. The van der Waals surface area contributed by atoms with Crippen molar-refractivity contribution < 1.29 is 30.7 Å². The van der Waals surface area contributed by atoms with Crippen LogP contribution in [-0.2, 0) is 10.4 Å². The first-order valence-corrected chi connectivity index (χ1v) is 7.61. The number of hydrogen-bond acceptors (Lipinski definition) is 5. The van der Waals surface area contributed by atoms with Gasteiger partial charge in [-0.1, -0.05) is 0 Å². The van der Waals surface area contributed by atoms with Crippen LogP contribution in [0, 0.1) is 0 Å². The quantitative estimate of drug-likeness (QED) is 0.245. The molecule has 9 heteroatoms. The summed E-state index contributed by atoms with van der Waals surface area (Å²) in [6.45, 7) is 7.96. The van der Waals surface area contributed by atoms with E-state index in [0.717, 1.165) is 0 Å². The monoisotopic (exact) mass is 397 g/mol. The van der Waals surface area contributed by atoms with Gasteiger partial charge < -0.3 is 9.66 Å². The normalized spacial score (nSPS) is 34.4. The van der Waals surface area contributed by atoms with Crippen molar-refractivity contribution in [3.05, 3.63) is 0 Å². The van der Waals surface area contributed by atoms with Crippen molar-refractivity contribution in [1.82, 2.24) is 0 Å². The van der Waals surface area contributed by atoms with E-state index in [1.165, 1.54) is 0 Å². The van der Waals surface area contributed by atoms with Crippen LogP contribution in [0.25, 0.3) is 0 Å². The van der Waals surface area contributed by atoms with Gasteiger partial charge in [0.15, 0.2) is 0 Å². The third-order valence-corrected chi connectivity index (χ3v) is 5.69. The topological polar surface area (TPSA) is 118 Å². The average Bonchev–Trinajstić information content (AvgIpc) is 1.94. The zero-order chi connectivity index (χ0) is 15.0. The van der Waals surface area contributed by atoms with Gasteiger partial charge >= 0.3 is 0 Å². The van der Waals surface area contributed by atoms with Gasteiger partial charge in [0.05, 0.1) is 6.10 Å². The molecule has 1 saturated heterocycles. The van der Waals surface area contributed by atoms with Gasteiger partial charge in [0.2, 0.25) is 10.4 Å². The number of halogens is 1. The lowest BCUT2D eigenvalue weighted by atomic mass is 9.80. The Bertz CT molecular complexity index is 364. The molecular weight excluding hydrogens is 377 g/mol. The first-order valence-electron chi connectivity index (χ1n) is 5.28. The van der Waals surface area contributed by atoms with Crippen LogP contribution in [0.1, 0.15) is 40.5 Å². The summed E-state index contributed by atoms with van der Waals surface area (Å²) in [6.07, 6.45) is 1.00. The highest BCUT2D eigenvalue weighted by Gasteiger charge is 2.58. The predicted octanol–water partition coefficient (Wildman–Crippen LogP) is 1.26. The summed E-state index contributed by atoms with van der Waals surface area (Å²) in [4.78, 5) is 0. The summed E-state index contributed by atoms with van der Waals surface area (Å²) in [5.41, 5.74) is -0.580. The second-order valence-electron chi connectivity index (χ2n) is 5.67. The third kappa shape index (κ3) is 4.87. The molecule has 110 valence electrons. The smallest absolute Gasteiger partial charge is 0.288 e. The maximum atomic E-state index is 10.4. The van der Waals surface area contributed by atoms with Crippen LogP contribution in [0.5, 0.6) is 0 Å². The molecule has 0 aromatic heterocycles. The molecule has 0 amide bonds. The average molecular weight is 397 g/mol. The van der Waals surface area contributed by atoms with Crippen molar-refractivity contribution in [2.75, 3.05) is 0 Å². The van der Waals surface area contributed by atoms with Gasteiger partial charge in [0.25, 0.3) is 22.9 Å². The molecule has 1 aliphatic rings. The highest BCUT2D eigenvalue weighted by atomic mass is 127. The van der Waals surface area contributed by atoms with Crippen LogP contribution in [0.3, 0.4) is 0 Å². The number of hydroxylamine groups is 2.